The topological polar surface area (TPSA) is 156 Å². The predicted octanol–water partition coefficient (Wildman–Crippen LogP) is 7.34. The van der Waals surface area contributed by atoms with E-state index in [2.05, 4.69) is 44.9 Å². The number of imidazole rings is 1. The number of carbonyl (C=O) groups excluding carboxylic acids is 1. The molecule has 17 heteroatoms. The summed E-state index contributed by atoms with van der Waals surface area (Å²) in [6, 6.07) is 14.4. The van der Waals surface area contributed by atoms with Crippen molar-refractivity contribution in [1.29, 1.82) is 0 Å². The van der Waals surface area contributed by atoms with Crippen LogP contribution in [-0.2, 0) is 23.7 Å². The van der Waals surface area contributed by atoms with Gasteiger partial charge in [0, 0.05) is 55.0 Å². The Hall–Kier alpha value is -6.88. The highest BCUT2D eigenvalue weighted by molar-refractivity contribution is 6.00. The largest absolute Gasteiger partial charge is 0.438 e. The highest BCUT2D eigenvalue weighted by atomic mass is 19.1. The summed E-state index contributed by atoms with van der Waals surface area (Å²) in [6.45, 7) is 6.18. The van der Waals surface area contributed by atoms with Gasteiger partial charge in [-0.05, 0) is 130 Å². The fraction of sp³-hybridized carbons (Fsp3) is 0.388. The first-order valence-electron chi connectivity index (χ1n) is 22.8. The molecular formula is C49H46F2N10O5. The van der Waals surface area contributed by atoms with E-state index in [-0.39, 0.29) is 40.4 Å². The molecule has 5 aromatic heterocycles. The minimum Gasteiger partial charge on any atom is -0.375 e. The van der Waals surface area contributed by atoms with Gasteiger partial charge in [-0.15, -0.1) is 0 Å². The number of H-pyrrole nitrogens is 1. The van der Waals surface area contributed by atoms with Crippen molar-refractivity contribution >= 4 is 27.7 Å². The number of aryl methyl sites for hydroxylation is 3. The average molecular weight is 893 g/mol. The van der Waals surface area contributed by atoms with E-state index >= 15 is 13.6 Å². The molecule has 0 unspecified atom stereocenters. The van der Waals surface area contributed by atoms with Gasteiger partial charge in [0.1, 0.15) is 22.9 Å². The minimum absolute atomic E-state index is 0.0111. The maximum atomic E-state index is 16.2. The standard InChI is InChI=1S/C49H46F2N10O5/c1-25-17-32(18-26(2)41(25)50)61-43(58-15-14-57(47(58)64)38-10-9-36-33(42(38)51)24-52-56(36)4)40-34(54-61)21-31-6-8-37(40)59(31)44(62)39-20-30-19-28(29-11-16-65-48(23-29)12-13-48)5-7-35(30)60(39)49(22-27(49)3)45-53-46(63)66-55-45/h5,7,9-10,14-15,17-20,24,27,29,31,37H,6,8,11-13,16,21-23H2,1-4H3,(H,53,55,63)/t27-,29+,31-,37+,49+/m1/s1. The molecule has 1 spiro atoms. The minimum atomic E-state index is -0.837. The normalized spacial score (nSPS) is 23.9. The van der Waals surface area contributed by atoms with Crippen LogP contribution in [0, 0.1) is 31.4 Å². The van der Waals surface area contributed by atoms with Gasteiger partial charge in [0.25, 0.3) is 5.91 Å². The maximum Gasteiger partial charge on any atom is 0.438 e. The molecule has 4 fully saturated rings. The van der Waals surface area contributed by atoms with Gasteiger partial charge in [0.05, 0.1) is 45.8 Å². The van der Waals surface area contributed by atoms with Crippen LogP contribution in [-0.4, -0.2) is 72.5 Å². The van der Waals surface area contributed by atoms with Crippen molar-refractivity contribution < 1.29 is 22.8 Å². The second-order valence-corrected chi connectivity index (χ2v) is 19.5. The smallest absolute Gasteiger partial charge is 0.375 e. The lowest BCUT2D eigenvalue weighted by Crippen LogP contribution is -2.43. The van der Waals surface area contributed by atoms with Crippen molar-refractivity contribution in [3.63, 3.8) is 0 Å². The number of aromatic nitrogens is 9. The van der Waals surface area contributed by atoms with E-state index in [0.29, 0.717) is 76.8 Å². The van der Waals surface area contributed by atoms with Gasteiger partial charge in [0.2, 0.25) is 0 Å². The van der Waals surface area contributed by atoms with Crippen LogP contribution in [0.15, 0.2) is 81.2 Å². The summed E-state index contributed by atoms with van der Waals surface area (Å²) in [5.41, 5.74) is 4.58. The summed E-state index contributed by atoms with van der Waals surface area (Å²) in [7, 11) is 1.73. The van der Waals surface area contributed by atoms with Gasteiger partial charge >= 0.3 is 11.4 Å². The Balaban J connectivity index is 0.969. The molecule has 8 heterocycles. The molecule has 336 valence electrons. The van der Waals surface area contributed by atoms with Crippen molar-refractivity contribution in [3.8, 4) is 17.2 Å². The SMILES string of the molecule is Cc1cc(-n2nc3c(c2-n2ccn(-c4ccc5c(cnn5C)c4F)c2=O)[C@@H]2CC[C@H](C3)N2C(=O)c2cc3cc([C@H]4CCOC5(CC5)C4)ccc3n2[C@@]2(c3noc(=O)[nH]3)C[C@H]2C)cc(C)c1F. The van der Waals surface area contributed by atoms with Gasteiger partial charge in [-0.1, -0.05) is 18.1 Å². The third kappa shape index (κ3) is 5.48. The van der Waals surface area contributed by atoms with Crippen LogP contribution < -0.4 is 11.4 Å². The molecule has 3 aromatic carbocycles. The summed E-state index contributed by atoms with van der Waals surface area (Å²) in [5, 5.41) is 14.8. The van der Waals surface area contributed by atoms with Gasteiger partial charge in [-0.3, -0.25) is 28.1 Å². The molecular weight excluding hydrogens is 847 g/mol. The van der Waals surface area contributed by atoms with E-state index in [0.717, 1.165) is 48.9 Å². The van der Waals surface area contributed by atoms with Gasteiger partial charge in [0.15, 0.2) is 11.6 Å². The molecule has 15 nitrogen and oxygen atoms in total. The van der Waals surface area contributed by atoms with Crippen LogP contribution in [0.4, 0.5) is 8.78 Å². The Morgan fingerprint density at radius 2 is 1.70 bits per heavy atom. The summed E-state index contributed by atoms with van der Waals surface area (Å²) >= 11 is 0. The highest BCUT2D eigenvalue weighted by Gasteiger charge is 2.60. The average Bonchev–Trinajstić information content (AvgIpc) is 3.70. The third-order valence-electron chi connectivity index (χ3n) is 15.6. The van der Waals surface area contributed by atoms with Crippen LogP contribution in [0.5, 0.6) is 0 Å². The molecule has 3 aliphatic heterocycles. The lowest BCUT2D eigenvalue weighted by atomic mass is 9.87. The van der Waals surface area contributed by atoms with Crippen LogP contribution in [0.1, 0.15) is 108 Å². The lowest BCUT2D eigenvalue weighted by Gasteiger charge is -2.35. The van der Waals surface area contributed by atoms with Crippen LogP contribution in [0.2, 0.25) is 0 Å². The van der Waals surface area contributed by atoms with Crippen LogP contribution in [0.25, 0.3) is 39.0 Å². The molecule has 2 aliphatic carbocycles. The summed E-state index contributed by atoms with van der Waals surface area (Å²) < 4.78 is 50.7. The van der Waals surface area contributed by atoms with E-state index in [1.807, 2.05) is 11.0 Å². The first-order chi connectivity index (χ1) is 31.8. The molecule has 5 aliphatic rings. The Labute approximate surface area is 375 Å². The van der Waals surface area contributed by atoms with Crippen molar-refractivity contribution in [1.82, 2.24) is 48.3 Å². The van der Waals surface area contributed by atoms with Gasteiger partial charge in [-0.25, -0.2) is 23.1 Å². The van der Waals surface area contributed by atoms with Crippen LogP contribution >= 0.6 is 0 Å². The zero-order valence-electron chi connectivity index (χ0n) is 36.8. The zero-order chi connectivity index (χ0) is 45.1. The molecule has 2 saturated carbocycles. The Morgan fingerprint density at radius 1 is 0.924 bits per heavy atom. The summed E-state index contributed by atoms with van der Waals surface area (Å²) in [6.07, 6.45) is 11.0. The second-order valence-electron chi connectivity index (χ2n) is 19.5. The molecule has 1 N–H and O–H groups in total. The Morgan fingerprint density at radius 3 is 2.44 bits per heavy atom. The Bertz CT molecular complexity index is 3490. The summed E-state index contributed by atoms with van der Waals surface area (Å²) in [4.78, 5) is 47.8. The molecule has 2 bridgehead atoms. The first kappa shape index (κ1) is 39.5. The zero-order valence-corrected chi connectivity index (χ0v) is 36.8. The van der Waals surface area contributed by atoms with Crippen LogP contribution in [0.3, 0.4) is 0 Å². The quantitative estimate of drug-likeness (QED) is 0.174. The number of nitrogens with one attached hydrogen (secondary N) is 1. The number of hydrogen-bond acceptors (Lipinski definition) is 8. The molecule has 8 aromatic rings. The number of fused-ring (bicyclic) bond motifs is 6. The second kappa shape index (κ2) is 13.6. The number of nitrogens with zero attached hydrogens (tertiary/aromatic N) is 9. The summed E-state index contributed by atoms with van der Waals surface area (Å²) in [5.74, 6) is -0.659. The van der Waals surface area contributed by atoms with E-state index in [4.69, 9.17) is 14.4 Å². The number of amides is 1. The van der Waals surface area contributed by atoms with Crippen molar-refractivity contribution in [3.05, 3.63) is 139 Å². The lowest BCUT2D eigenvalue weighted by molar-refractivity contribution is -0.0132. The number of benzene rings is 3. The highest BCUT2D eigenvalue weighted by Crippen LogP contribution is 2.57. The van der Waals surface area contributed by atoms with E-state index in [1.54, 1.807) is 60.7 Å². The number of halogens is 2. The monoisotopic (exact) mass is 892 g/mol. The number of ether oxygens (including phenoxy) is 1. The van der Waals surface area contributed by atoms with Crippen molar-refractivity contribution in [2.45, 2.75) is 101 Å². The van der Waals surface area contributed by atoms with E-state index in [9.17, 15) is 9.59 Å². The molecule has 66 heavy (non-hydrogen) atoms. The molecule has 13 rings (SSSR count). The molecule has 1 amide bonds. The molecule has 5 atom stereocenters. The maximum absolute atomic E-state index is 16.2. The molecule has 2 saturated heterocycles. The third-order valence-corrected chi connectivity index (χ3v) is 15.6. The first-order valence-corrected chi connectivity index (χ1v) is 22.8. The predicted molar refractivity (Wildman–Crippen MR) is 238 cm³/mol. The number of carbonyl (C=O) groups is 1. The molecule has 0 radical (unpaired) electrons. The van der Waals surface area contributed by atoms with Crippen molar-refractivity contribution in [2.75, 3.05) is 6.61 Å². The fourth-order valence-electron chi connectivity index (χ4n) is 12.0. The Kier molecular flexibility index (Phi) is 8.13. The van der Waals surface area contributed by atoms with Gasteiger partial charge in [-0.2, -0.15) is 10.2 Å². The number of rotatable bonds is 7. The fourth-order valence-corrected chi connectivity index (χ4v) is 12.0. The number of aromatic amines is 1. The number of hydrogen-bond donors (Lipinski definition) is 1. The van der Waals surface area contributed by atoms with E-state index in [1.165, 1.54) is 27.1 Å². The van der Waals surface area contributed by atoms with Gasteiger partial charge < -0.3 is 14.2 Å². The van der Waals surface area contributed by atoms with Crippen molar-refractivity contribution in [2.24, 2.45) is 13.0 Å². The van der Waals surface area contributed by atoms with E-state index < -0.39 is 28.8 Å².